The first-order chi connectivity index (χ1) is 14.1. The van der Waals surface area contributed by atoms with Crippen molar-refractivity contribution in [3.8, 4) is 5.75 Å². The molecule has 1 aliphatic heterocycles. The zero-order valence-corrected chi connectivity index (χ0v) is 19.6. The molecule has 8 heteroatoms. The van der Waals surface area contributed by atoms with Gasteiger partial charge in [-0.25, -0.2) is 0 Å². The lowest BCUT2D eigenvalue weighted by Crippen LogP contribution is -2.27. The van der Waals surface area contributed by atoms with E-state index in [9.17, 15) is 4.79 Å². The van der Waals surface area contributed by atoms with Gasteiger partial charge in [-0.15, -0.1) is 12.4 Å². The lowest BCUT2D eigenvalue weighted by atomic mass is 10.2. The topological polar surface area (TPSA) is 45.7 Å². The van der Waals surface area contributed by atoms with Crippen molar-refractivity contribution in [2.24, 2.45) is 0 Å². The molecule has 0 aliphatic carbocycles. The van der Waals surface area contributed by atoms with Crippen molar-refractivity contribution in [3.63, 3.8) is 0 Å². The van der Waals surface area contributed by atoms with E-state index >= 15 is 0 Å². The van der Waals surface area contributed by atoms with E-state index in [0.717, 1.165) is 43.1 Å². The number of thioether (sulfide) groups is 1. The molecule has 1 amide bonds. The van der Waals surface area contributed by atoms with Crippen LogP contribution in [0.15, 0.2) is 53.7 Å². The van der Waals surface area contributed by atoms with Gasteiger partial charge in [-0.3, -0.25) is 14.7 Å². The van der Waals surface area contributed by atoms with Gasteiger partial charge in [-0.2, -0.15) is 0 Å². The molecule has 0 unspecified atom stereocenters. The minimum absolute atomic E-state index is 0. The fraction of sp³-hybridized carbons (Fsp3) is 0.318. The van der Waals surface area contributed by atoms with Crippen molar-refractivity contribution in [1.29, 1.82) is 0 Å². The molecule has 160 valence electrons. The zero-order chi connectivity index (χ0) is 20.6. The summed E-state index contributed by atoms with van der Waals surface area (Å²) in [5, 5.41) is 0. The highest BCUT2D eigenvalue weighted by Gasteiger charge is 2.33. The predicted molar refractivity (Wildman–Crippen MR) is 131 cm³/mol. The van der Waals surface area contributed by atoms with E-state index in [0.29, 0.717) is 15.8 Å². The Hall–Kier alpha value is -1.93. The molecule has 5 nitrogen and oxygen atoms in total. The first kappa shape index (κ1) is 24.3. The Morgan fingerprint density at radius 3 is 2.43 bits per heavy atom. The molecule has 1 saturated heterocycles. The van der Waals surface area contributed by atoms with Gasteiger partial charge in [-0.05, 0) is 67.5 Å². The number of pyridine rings is 1. The second-order valence-electron chi connectivity index (χ2n) is 6.52. The smallest absolute Gasteiger partial charge is 0.270 e. The van der Waals surface area contributed by atoms with E-state index in [1.807, 2.05) is 42.5 Å². The molecule has 0 atom stereocenters. The molecule has 1 fully saturated rings. The maximum absolute atomic E-state index is 12.8. The second-order valence-corrected chi connectivity index (χ2v) is 8.20. The van der Waals surface area contributed by atoms with E-state index in [1.54, 1.807) is 17.3 Å². The molecule has 1 aromatic carbocycles. The predicted octanol–water partition coefficient (Wildman–Crippen LogP) is 5.02. The summed E-state index contributed by atoms with van der Waals surface area (Å²) < 4.78 is 6.36. The van der Waals surface area contributed by atoms with Crippen LogP contribution in [-0.2, 0) is 4.79 Å². The molecule has 0 bridgehead atoms. The molecule has 0 saturated carbocycles. The third-order valence-corrected chi connectivity index (χ3v) is 5.98. The van der Waals surface area contributed by atoms with Gasteiger partial charge in [0.25, 0.3) is 5.91 Å². The summed E-state index contributed by atoms with van der Waals surface area (Å²) in [6.07, 6.45) is 6.23. The van der Waals surface area contributed by atoms with Crippen LogP contribution in [-0.4, -0.2) is 46.4 Å². The highest BCUT2D eigenvalue weighted by Crippen LogP contribution is 2.36. The highest BCUT2D eigenvalue weighted by molar-refractivity contribution is 8.27. The quantitative estimate of drug-likeness (QED) is 0.295. The van der Waals surface area contributed by atoms with Gasteiger partial charge in [-0.1, -0.05) is 37.8 Å². The maximum atomic E-state index is 12.8. The van der Waals surface area contributed by atoms with Crippen molar-refractivity contribution < 1.29 is 9.53 Å². The van der Waals surface area contributed by atoms with Crippen LogP contribution in [0.3, 0.4) is 0 Å². The van der Waals surface area contributed by atoms with Crippen LogP contribution in [0, 0.1) is 0 Å². The van der Waals surface area contributed by atoms with Crippen molar-refractivity contribution in [1.82, 2.24) is 9.88 Å². The Morgan fingerprint density at radius 1 is 1.13 bits per heavy atom. The number of halogens is 1. The number of benzene rings is 1. The average Bonchev–Trinajstić information content (AvgIpc) is 3.02. The number of thiocarbonyl (C=S) groups is 1. The largest absolute Gasteiger partial charge is 0.494 e. The van der Waals surface area contributed by atoms with Crippen LogP contribution in [0.4, 0.5) is 5.69 Å². The van der Waals surface area contributed by atoms with Crippen molar-refractivity contribution in [2.45, 2.75) is 20.3 Å². The third kappa shape index (κ3) is 6.28. The van der Waals surface area contributed by atoms with Crippen LogP contribution in [0.2, 0.25) is 0 Å². The molecule has 1 aromatic heterocycles. The number of amides is 1. The molecule has 30 heavy (non-hydrogen) atoms. The molecule has 2 aromatic rings. The van der Waals surface area contributed by atoms with Crippen molar-refractivity contribution >= 4 is 58.4 Å². The number of hydrogen-bond donors (Lipinski definition) is 0. The zero-order valence-electron chi connectivity index (χ0n) is 17.1. The van der Waals surface area contributed by atoms with Crippen LogP contribution in [0.25, 0.3) is 6.08 Å². The summed E-state index contributed by atoms with van der Waals surface area (Å²) in [5.74, 6) is 0.691. The summed E-state index contributed by atoms with van der Waals surface area (Å²) in [6, 6.07) is 11.2. The first-order valence-electron chi connectivity index (χ1n) is 9.75. The van der Waals surface area contributed by atoms with E-state index < -0.39 is 0 Å². The Balaban J connectivity index is 0.00000320. The monoisotopic (exact) mass is 463 g/mol. The number of hydrogen-bond acceptors (Lipinski definition) is 6. The summed E-state index contributed by atoms with van der Waals surface area (Å²) in [4.78, 5) is 21.4. The number of rotatable bonds is 9. The Morgan fingerprint density at radius 2 is 1.80 bits per heavy atom. The van der Waals surface area contributed by atoms with Gasteiger partial charge >= 0.3 is 0 Å². The van der Waals surface area contributed by atoms with Crippen LogP contribution >= 0.6 is 36.4 Å². The number of nitrogens with zero attached hydrogens (tertiary/aromatic N) is 3. The minimum atomic E-state index is -0.107. The van der Waals surface area contributed by atoms with Crippen molar-refractivity contribution in [2.75, 3.05) is 31.1 Å². The van der Waals surface area contributed by atoms with Crippen LogP contribution < -0.4 is 9.64 Å². The molecule has 2 heterocycles. The third-order valence-electron chi connectivity index (χ3n) is 4.67. The fourth-order valence-electron chi connectivity index (χ4n) is 3.01. The van der Waals surface area contributed by atoms with Gasteiger partial charge in [0, 0.05) is 18.9 Å². The van der Waals surface area contributed by atoms with Gasteiger partial charge in [0.1, 0.15) is 5.75 Å². The normalized spacial score (nSPS) is 15.0. The molecular weight excluding hydrogens is 438 g/mol. The summed E-state index contributed by atoms with van der Waals surface area (Å²) in [7, 11) is 0. The molecule has 3 rings (SSSR count). The molecule has 0 radical (unpaired) electrons. The molecular formula is C22H26ClN3O2S2. The van der Waals surface area contributed by atoms with Crippen LogP contribution in [0.5, 0.6) is 5.75 Å². The van der Waals surface area contributed by atoms with E-state index in [4.69, 9.17) is 17.0 Å². The number of carbonyl (C=O) groups is 1. The second kappa shape index (κ2) is 12.1. The van der Waals surface area contributed by atoms with Gasteiger partial charge < -0.3 is 9.64 Å². The summed E-state index contributed by atoms with van der Waals surface area (Å²) in [5.41, 5.74) is 1.68. The van der Waals surface area contributed by atoms with Gasteiger partial charge in [0.2, 0.25) is 0 Å². The highest BCUT2D eigenvalue weighted by atomic mass is 35.5. The summed E-state index contributed by atoms with van der Waals surface area (Å²) >= 11 is 6.75. The SMILES string of the molecule is CCN(CC)CCCOc1ccc(N2C(=O)C(=Cc3ccncc3)SC2=S)cc1.Cl. The molecule has 0 spiro atoms. The van der Waals surface area contributed by atoms with Crippen LogP contribution in [0.1, 0.15) is 25.8 Å². The maximum Gasteiger partial charge on any atom is 0.270 e. The fourth-order valence-corrected chi connectivity index (χ4v) is 4.31. The lowest BCUT2D eigenvalue weighted by molar-refractivity contribution is -0.113. The Bertz CT molecular complexity index is 872. The number of anilines is 1. The van der Waals surface area contributed by atoms with Gasteiger partial charge in [0.15, 0.2) is 4.32 Å². The average molecular weight is 464 g/mol. The number of carbonyl (C=O) groups excluding carboxylic acids is 1. The van der Waals surface area contributed by atoms with Gasteiger partial charge in [0.05, 0.1) is 17.2 Å². The van der Waals surface area contributed by atoms with E-state index in [-0.39, 0.29) is 18.3 Å². The number of aromatic nitrogens is 1. The molecule has 1 aliphatic rings. The summed E-state index contributed by atoms with van der Waals surface area (Å²) in [6.45, 7) is 8.17. The van der Waals surface area contributed by atoms with E-state index in [2.05, 4.69) is 23.7 Å². The Labute approximate surface area is 193 Å². The lowest BCUT2D eigenvalue weighted by Gasteiger charge is -2.18. The molecule has 0 N–H and O–H groups in total. The van der Waals surface area contributed by atoms with E-state index in [1.165, 1.54) is 11.8 Å². The first-order valence-corrected chi connectivity index (χ1v) is 11.0. The number of ether oxygens (including phenoxy) is 1. The minimum Gasteiger partial charge on any atom is -0.494 e. The van der Waals surface area contributed by atoms with Crippen molar-refractivity contribution in [3.05, 3.63) is 59.3 Å². The Kier molecular flexibility index (Phi) is 9.78. The standard InChI is InChI=1S/C22H25N3O2S2.ClH/c1-3-24(4-2)14-5-15-27-19-8-6-18(7-9-19)25-21(26)20(29-22(25)28)16-17-10-12-23-13-11-17;/h6-13,16H,3-5,14-15H2,1-2H3;1H.